The van der Waals surface area contributed by atoms with E-state index in [0.717, 1.165) is 0 Å². The van der Waals surface area contributed by atoms with Crippen molar-refractivity contribution in [2.24, 2.45) is 5.92 Å². The van der Waals surface area contributed by atoms with E-state index in [1.807, 2.05) is 18.2 Å². The average molecular weight is 220 g/mol. The van der Waals surface area contributed by atoms with Crippen molar-refractivity contribution in [2.75, 3.05) is 11.9 Å². The van der Waals surface area contributed by atoms with Gasteiger partial charge in [0.2, 0.25) is 0 Å². The molecular weight excluding hydrogens is 204 g/mol. The van der Waals surface area contributed by atoms with Gasteiger partial charge in [-0.05, 0) is 12.1 Å². The number of carbonyl (C=O) groups excluding carboxylic acids is 2. The smallest absolute Gasteiger partial charge is 0.319 e. The minimum absolute atomic E-state index is 0.0169. The first kappa shape index (κ1) is 12.2. The Morgan fingerprint density at radius 3 is 2.38 bits per heavy atom. The third-order valence-electron chi connectivity index (χ3n) is 2.10. The van der Waals surface area contributed by atoms with Gasteiger partial charge in [-0.1, -0.05) is 32.0 Å². The van der Waals surface area contributed by atoms with Crippen molar-refractivity contribution in [3.8, 4) is 0 Å². The van der Waals surface area contributed by atoms with Crippen molar-refractivity contribution in [3.05, 3.63) is 30.3 Å². The van der Waals surface area contributed by atoms with Gasteiger partial charge in [-0.15, -0.1) is 0 Å². The average Bonchev–Trinajstić information content (AvgIpc) is 2.27. The number of Topliss-reactive ketones (excluding diaryl/α,β-unsaturated/α-hetero) is 1. The highest BCUT2D eigenvalue weighted by Gasteiger charge is 2.08. The highest BCUT2D eigenvalue weighted by Crippen LogP contribution is 2.04. The van der Waals surface area contributed by atoms with Crippen molar-refractivity contribution in [2.45, 2.75) is 13.8 Å². The normalized spacial score (nSPS) is 9.94. The van der Waals surface area contributed by atoms with Crippen LogP contribution in [-0.2, 0) is 4.79 Å². The molecule has 0 aliphatic carbocycles. The molecule has 0 heterocycles. The van der Waals surface area contributed by atoms with Crippen LogP contribution in [0.3, 0.4) is 0 Å². The van der Waals surface area contributed by atoms with Gasteiger partial charge in [0, 0.05) is 11.6 Å². The maximum Gasteiger partial charge on any atom is 0.319 e. The Kier molecular flexibility index (Phi) is 4.51. The van der Waals surface area contributed by atoms with Gasteiger partial charge in [0.1, 0.15) is 0 Å². The second-order valence-corrected chi connectivity index (χ2v) is 3.79. The molecule has 2 amide bonds. The molecule has 1 aromatic carbocycles. The van der Waals surface area contributed by atoms with E-state index in [1.165, 1.54) is 0 Å². The molecule has 2 N–H and O–H groups in total. The Balaban J connectivity index is 2.35. The van der Waals surface area contributed by atoms with Crippen LogP contribution in [0.4, 0.5) is 10.5 Å². The number of urea groups is 1. The van der Waals surface area contributed by atoms with Gasteiger partial charge < -0.3 is 10.6 Å². The summed E-state index contributed by atoms with van der Waals surface area (Å²) in [4.78, 5) is 22.6. The topological polar surface area (TPSA) is 58.2 Å². The predicted octanol–water partition coefficient (Wildman–Crippen LogP) is 2.03. The van der Waals surface area contributed by atoms with Crippen molar-refractivity contribution >= 4 is 17.5 Å². The first-order valence-electron chi connectivity index (χ1n) is 5.22. The Hall–Kier alpha value is -1.84. The van der Waals surface area contributed by atoms with E-state index in [4.69, 9.17) is 0 Å². The van der Waals surface area contributed by atoms with Crippen LogP contribution in [0.1, 0.15) is 13.8 Å². The lowest BCUT2D eigenvalue weighted by molar-refractivity contribution is -0.120. The standard InChI is InChI=1S/C12H16N2O2/c1-9(2)11(15)8-13-12(16)14-10-6-4-3-5-7-10/h3-7,9H,8H2,1-2H3,(H2,13,14,16). The molecule has 4 nitrogen and oxygen atoms in total. The molecule has 0 radical (unpaired) electrons. The van der Waals surface area contributed by atoms with E-state index in [1.54, 1.807) is 26.0 Å². The highest BCUT2D eigenvalue weighted by molar-refractivity contribution is 5.93. The van der Waals surface area contributed by atoms with E-state index >= 15 is 0 Å². The number of carbonyl (C=O) groups is 2. The summed E-state index contributed by atoms with van der Waals surface area (Å²) in [6.45, 7) is 3.68. The first-order chi connectivity index (χ1) is 7.59. The van der Waals surface area contributed by atoms with Gasteiger partial charge >= 0.3 is 6.03 Å². The van der Waals surface area contributed by atoms with E-state index in [-0.39, 0.29) is 24.3 Å². The van der Waals surface area contributed by atoms with Crippen LogP contribution in [0.2, 0.25) is 0 Å². The highest BCUT2D eigenvalue weighted by atomic mass is 16.2. The molecule has 0 spiro atoms. The Labute approximate surface area is 95.0 Å². The zero-order valence-corrected chi connectivity index (χ0v) is 9.49. The molecule has 0 unspecified atom stereocenters. The number of benzene rings is 1. The van der Waals surface area contributed by atoms with Gasteiger partial charge in [-0.25, -0.2) is 4.79 Å². The molecule has 0 aromatic heterocycles. The fourth-order valence-corrected chi connectivity index (χ4v) is 1.07. The molecular formula is C12H16N2O2. The summed E-state index contributed by atoms with van der Waals surface area (Å²) >= 11 is 0. The fourth-order valence-electron chi connectivity index (χ4n) is 1.07. The van der Waals surface area contributed by atoms with E-state index in [0.29, 0.717) is 5.69 Å². The minimum atomic E-state index is -0.361. The molecule has 1 rings (SSSR count). The molecule has 0 fully saturated rings. The van der Waals surface area contributed by atoms with Crippen LogP contribution in [-0.4, -0.2) is 18.4 Å². The SMILES string of the molecule is CC(C)C(=O)CNC(=O)Nc1ccccc1. The summed E-state index contributed by atoms with van der Waals surface area (Å²) in [5.74, 6) is -0.0414. The molecule has 86 valence electrons. The number of para-hydroxylation sites is 1. The Morgan fingerprint density at radius 1 is 1.19 bits per heavy atom. The number of anilines is 1. The summed E-state index contributed by atoms with van der Waals surface area (Å²) in [5.41, 5.74) is 0.706. The number of hydrogen-bond acceptors (Lipinski definition) is 2. The third kappa shape index (κ3) is 4.13. The maximum absolute atomic E-state index is 11.4. The lowest BCUT2D eigenvalue weighted by Gasteiger charge is -2.08. The van der Waals surface area contributed by atoms with Crippen molar-refractivity contribution in [1.29, 1.82) is 0 Å². The Bertz CT molecular complexity index is 361. The fraction of sp³-hybridized carbons (Fsp3) is 0.333. The minimum Gasteiger partial charge on any atom is -0.331 e. The van der Waals surface area contributed by atoms with Gasteiger partial charge in [0.05, 0.1) is 6.54 Å². The molecule has 16 heavy (non-hydrogen) atoms. The van der Waals surface area contributed by atoms with Crippen molar-refractivity contribution in [3.63, 3.8) is 0 Å². The molecule has 0 atom stereocenters. The molecule has 0 saturated carbocycles. The summed E-state index contributed by atoms with van der Waals surface area (Å²) in [6.07, 6.45) is 0. The monoisotopic (exact) mass is 220 g/mol. The Morgan fingerprint density at radius 2 is 1.81 bits per heavy atom. The third-order valence-corrected chi connectivity index (χ3v) is 2.10. The number of ketones is 1. The summed E-state index contributed by atoms with van der Waals surface area (Å²) < 4.78 is 0. The summed E-state index contributed by atoms with van der Waals surface area (Å²) in [5, 5.41) is 5.15. The van der Waals surface area contributed by atoms with Crippen LogP contribution in [0.5, 0.6) is 0 Å². The molecule has 0 saturated heterocycles. The van der Waals surface area contributed by atoms with E-state index in [2.05, 4.69) is 10.6 Å². The second-order valence-electron chi connectivity index (χ2n) is 3.79. The van der Waals surface area contributed by atoms with E-state index < -0.39 is 0 Å². The van der Waals surface area contributed by atoms with Gasteiger partial charge in [-0.2, -0.15) is 0 Å². The maximum atomic E-state index is 11.4. The molecule has 1 aromatic rings. The predicted molar refractivity (Wildman–Crippen MR) is 63.3 cm³/mol. The molecule has 0 aliphatic heterocycles. The number of hydrogen-bond donors (Lipinski definition) is 2. The van der Waals surface area contributed by atoms with Gasteiger partial charge in [0.25, 0.3) is 0 Å². The summed E-state index contributed by atoms with van der Waals surface area (Å²) in [6, 6.07) is 8.73. The van der Waals surface area contributed by atoms with Crippen molar-refractivity contribution < 1.29 is 9.59 Å². The molecule has 4 heteroatoms. The van der Waals surface area contributed by atoms with Crippen LogP contribution < -0.4 is 10.6 Å². The van der Waals surface area contributed by atoms with E-state index in [9.17, 15) is 9.59 Å². The molecule has 0 bridgehead atoms. The summed E-state index contributed by atoms with van der Waals surface area (Å²) in [7, 11) is 0. The zero-order valence-electron chi connectivity index (χ0n) is 9.49. The van der Waals surface area contributed by atoms with Crippen LogP contribution >= 0.6 is 0 Å². The zero-order chi connectivity index (χ0) is 12.0. The van der Waals surface area contributed by atoms with Gasteiger partial charge in [0.15, 0.2) is 5.78 Å². The lowest BCUT2D eigenvalue weighted by atomic mass is 10.1. The lowest BCUT2D eigenvalue weighted by Crippen LogP contribution is -2.34. The second kappa shape index (κ2) is 5.90. The van der Waals surface area contributed by atoms with Gasteiger partial charge in [-0.3, -0.25) is 4.79 Å². The quantitative estimate of drug-likeness (QED) is 0.815. The first-order valence-corrected chi connectivity index (χ1v) is 5.22. The number of amides is 2. The molecule has 0 aliphatic rings. The van der Waals surface area contributed by atoms with Crippen LogP contribution in [0, 0.1) is 5.92 Å². The van der Waals surface area contributed by atoms with Crippen LogP contribution in [0.25, 0.3) is 0 Å². The number of nitrogens with one attached hydrogen (secondary N) is 2. The largest absolute Gasteiger partial charge is 0.331 e. The van der Waals surface area contributed by atoms with Crippen molar-refractivity contribution in [1.82, 2.24) is 5.32 Å². The number of rotatable bonds is 4. The van der Waals surface area contributed by atoms with Crippen LogP contribution in [0.15, 0.2) is 30.3 Å².